The van der Waals surface area contributed by atoms with Crippen molar-refractivity contribution in [2.45, 2.75) is 33.6 Å². The summed E-state index contributed by atoms with van der Waals surface area (Å²) >= 11 is 0. The molecular weight excluding hydrogens is 214 g/mol. The molecule has 1 aromatic heterocycles. The van der Waals surface area contributed by atoms with Crippen molar-refractivity contribution in [2.24, 2.45) is 5.92 Å². The third-order valence-corrected chi connectivity index (χ3v) is 2.63. The molecule has 0 fully saturated rings. The molecule has 1 atom stereocenters. The monoisotopic (exact) mass is 237 g/mol. The largest absolute Gasteiger partial charge is 0.370 e. The molecular formula is C12H23N5. The summed E-state index contributed by atoms with van der Waals surface area (Å²) in [7, 11) is 0. The Kier molecular flexibility index (Phi) is 5.52. The van der Waals surface area contributed by atoms with E-state index in [-0.39, 0.29) is 0 Å². The number of nitrogens with two attached hydrogens (primary N) is 1. The van der Waals surface area contributed by atoms with Crippen molar-refractivity contribution in [3.05, 3.63) is 6.07 Å². The molecule has 0 saturated heterocycles. The van der Waals surface area contributed by atoms with Gasteiger partial charge in [0.05, 0.1) is 0 Å². The molecule has 0 saturated carbocycles. The van der Waals surface area contributed by atoms with Gasteiger partial charge in [0.25, 0.3) is 0 Å². The number of aromatic nitrogens is 2. The van der Waals surface area contributed by atoms with Crippen LogP contribution in [0.25, 0.3) is 0 Å². The van der Waals surface area contributed by atoms with Gasteiger partial charge in [-0.1, -0.05) is 27.2 Å². The predicted octanol–water partition coefficient (Wildman–Crippen LogP) is 2.34. The second kappa shape index (κ2) is 6.93. The van der Waals surface area contributed by atoms with E-state index in [9.17, 15) is 0 Å². The van der Waals surface area contributed by atoms with Crippen LogP contribution in [0.15, 0.2) is 6.07 Å². The summed E-state index contributed by atoms with van der Waals surface area (Å²) in [4.78, 5) is 8.30. The Morgan fingerprint density at radius 3 is 2.47 bits per heavy atom. The van der Waals surface area contributed by atoms with Gasteiger partial charge in [-0.15, -0.1) is 0 Å². The molecule has 17 heavy (non-hydrogen) atoms. The first-order valence-corrected chi connectivity index (χ1v) is 6.28. The van der Waals surface area contributed by atoms with Gasteiger partial charge in [-0.25, -0.2) is 0 Å². The van der Waals surface area contributed by atoms with Crippen molar-refractivity contribution in [3.8, 4) is 0 Å². The van der Waals surface area contributed by atoms with Crippen molar-refractivity contribution in [3.63, 3.8) is 0 Å². The Labute approximate surface area is 103 Å². The number of anilines is 3. The summed E-state index contributed by atoms with van der Waals surface area (Å²) in [6.45, 7) is 8.28. The van der Waals surface area contributed by atoms with E-state index in [1.807, 2.05) is 6.07 Å². The van der Waals surface area contributed by atoms with Crippen LogP contribution in [0.3, 0.4) is 0 Å². The molecule has 5 nitrogen and oxygen atoms in total. The van der Waals surface area contributed by atoms with Crippen molar-refractivity contribution >= 4 is 17.6 Å². The Balaban J connectivity index is 2.61. The van der Waals surface area contributed by atoms with E-state index >= 15 is 0 Å². The molecule has 0 spiro atoms. The second-order valence-electron chi connectivity index (χ2n) is 4.32. The third-order valence-electron chi connectivity index (χ3n) is 2.63. The lowest BCUT2D eigenvalue weighted by Gasteiger charge is -2.12. The minimum absolute atomic E-state index is 0.303. The van der Waals surface area contributed by atoms with E-state index in [1.54, 1.807) is 0 Å². The molecule has 4 N–H and O–H groups in total. The zero-order chi connectivity index (χ0) is 12.7. The summed E-state index contributed by atoms with van der Waals surface area (Å²) < 4.78 is 0. The van der Waals surface area contributed by atoms with Gasteiger partial charge < -0.3 is 16.4 Å². The van der Waals surface area contributed by atoms with Gasteiger partial charge in [-0.2, -0.15) is 9.97 Å². The van der Waals surface area contributed by atoms with Gasteiger partial charge in [0.1, 0.15) is 11.6 Å². The van der Waals surface area contributed by atoms with E-state index in [1.165, 1.54) is 0 Å². The van der Waals surface area contributed by atoms with E-state index < -0.39 is 0 Å². The minimum Gasteiger partial charge on any atom is -0.370 e. The predicted molar refractivity (Wildman–Crippen MR) is 73.2 cm³/mol. The maximum atomic E-state index is 5.67. The molecule has 1 heterocycles. The first-order valence-electron chi connectivity index (χ1n) is 6.28. The molecule has 0 aromatic carbocycles. The van der Waals surface area contributed by atoms with Crippen molar-refractivity contribution in [1.29, 1.82) is 0 Å². The molecule has 0 aliphatic heterocycles. The van der Waals surface area contributed by atoms with E-state index in [2.05, 4.69) is 41.4 Å². The first kappa shape index (κ1) is 13.5. The van der Waals surface area contributed by atoms with Crippen LogP contribution in [0.4, 0.5) is 17.6 Å². The maximum absolute atomic E-state index is 5.67. The molecule has 1 rings (SSSR count). The lowest BCUT2D eigenvalue weighted by atomic mass is 10.1. The third kappa shape index (κ3) is 4.89. The fourth-order valence-corrected chi connectivity index (χ4v) is 1.32. The van der Waals surface area contributed by atoms with Crippen molar-refractivity contribution in [2.75, 3.05) is 29.5 Å². The van der Waals surface area contributed by atoms with E-state index in [0.717, 1.165) is 37.6 Å². The average Bonchev–Trinajstić information content (AvgIpc) is 2.32. The Morgan fingerprint density at radius 2 is 1.88 bits per heavy atom. The van der Waals surface area contributed by atoms with E-state index in [4.69, 9.17) is 5.73 Å². The molecule has 0 radical (unpaired) electrons. The molecule has 0 aliphatic rings. The smallest absolute Gasteiger partial charge is 0.223 e. The summed E-state index contributed by atoms with van der Waals surface area (Å²) in [5.74, 6) is 2.50. The second-order valence-corrected chi connectivity index (χ2v) is 4.32. The molecule has 1 aromatic rings. The normalized spacial score (nSPS) is 12.2. The fourth-order valence-electron chi connectivity index (χ4n) is 1.32. The zero-order valence-electron chi connectivity index (χ0n) is 11.0. The minimum atomic E-state index is 0.303. The first-order chi connectivity index (χ1) is 8.15. The van der Waals surface area contributed by atoms with Gasteiger partial charge in [-0.3, -0.25) is 0 Å². The van der Waals surface area contributed by atoms with Crippen LogP contribution in [0.1, 0.15) is 33.6 Å². The van der Waals surface area contributed by atoms with Crippen LogP contribution < -0.4 is 16.4 Å². The topological polar surface area (TPSA) is 75.9 Å². The summed E-state index contributed by atoms with van der Waals surface area (Å²) in [6, 6.07) is 1.90. The molecule has 96 valence electrons. The van der Waals surface area contributed by atoms with Gasteiger partial charge in [0.15, 0.2) is 0 Å². The molecule has 0 aliphatic carbocycles. The lowest BCUT2D eigenvalue weighted by Crippen LogP contribution is -2.13. The van der Waals surface area contributed by atoms with Gasteiger partial charge in [0, 0.05) is 19.2 Å². The number of hydrogen-bond donors (Lipinski definition) is 3. The molecule has 0 bridgehead atoms. The molecule has 5 heteroatoms. The zero-order valence-corrected chi connectivity index (χ0v) is 11.0. The van der Waals surface area contributed by atoms with E-state index in [0.29, 0.717) is 11.9 Å². The van der Waals surface area contributed by atoms with Crippen LogP contribution in [-0.4, -0.2) is 23.1 Å². The summed E-state index contributed by atoms with van der Waals surface area (Å²) in [6.07, 6.45) is 2.20. The molecule has 0 amide bonds. The van der Waals surface area contributed by atoms with Gasteiger partial charge in [-0.05, 0) is 12.3 Å². The summed E-state index contributed by atoms with van der Waals surface area (Å²) in [5, 5.41) is 6.49. The van der Waals surface area contributed by atoms with Crippen LogP contribution in [0.5, 0.6) is 0 Å². The van der Waals surface area contributed by atoms with Crippen molar-refractivity contribution in [1.82, 2.24) is 9.97 Å². The highest BCUT2D eigenvalue weighted by Gasteiger charge is 2.03. The SMILES string of the molecule is CCCNc1cc(NCC(C)CC)nc(N)n1. The highest BCUT2D eigenvalue weighted by molar-refractivity contribution is 5.50. The number of hydrogen-bond acceptors (Lipinski definition) is 5. The number of nitrogens with zero attached hydrogens (tertiary/aromatic N) is 2. The Hall–Kier alpha value is -1.52. The lowest BCUT2D eigenvalue weighted by molar-refractivity contribution is 0.592. The quantitative estimate of drug-likeness (QED) is 0.678. The van der Waals surface area contributed by atoms with Crippen LogP contribution >= 0.6 is 0 Å². The van der Waals surface area contributed by atoms with Gasteiger partial charge >= 0.3 is 0 Å². The van der Waals surface area contributed by atoms with Crippen LogP contribution in [-0.2, 0) is 0 Å². The van der Waals surface area contributed by atoms with Crippen LogP contribution in [0, 0.1) is 5.92 Å². The number of nitrogens with one attached hydrogen (secondary N) is 2. The average molecular weight is 237 g/mol. The van der Waals surface area contributed by atoms with Crippen LogP contribution in [0.2, 0.25) is 0 Å². The maximum Gasteiger partial charge on any atom is 0.223 e. The molecule has 1 unspecified atom stereocenters. The Morgan fingerprint density at radius 1 is 1.24 bits per heavy atom. The standard InChI is InChI=1S/C12H23N5/c1-4-6-14-10-7-11(17-12(13)16-10)15-8-9(3)5-2/h7,9H,4-6,8H2,1-3H3,(H4,13,14,15,16,17). The fraction of sp³-hybridized carbons (Fsp3) is 0.667. The highest BCUT2D eigenvalue weighted by Crippen LogP contribution is 2.13. The van der Waals surface area contributed by atoms with Gasteiger partial charge in [0.2, 0.25) is 5.95 Å². The summed E-state index contributed by atoms with van der Waals surface area (Å²) in [5.41, 5.74) is 5.67. The highest BCUT2D eigenvalue weighted by atomic mass is 15.1. The van der Waals surface area contributed by atoms with Crippen molar-refractivity contribution < 1.29 is 0 Å². The number of nitrogen functional groups attached to an aromatic ring is 1. The number of rotatable bonds is 7. The Bertz CT molecular complexity index is 340.